The quantitative estimate of drug-likeness (QED) is 0.761. The highest BCUT2D eigenvalue weighted by Crippen LogP contribution is 2.29. The van der Waals surface area contributed by atoms with E-state index in [0.717, 1.165) is 49.4 Å². The van der Waals surface area contributed by atoms with Gasteiger partial charge in [0.2, 0.25) is 10.0 Å². The first kappa shape index (κ1) is 20.3. The predicted octanol–water partition coefficient (Wildman–Crippen LogP) is 2.12. The summed E-state index contributed by atoms with van der Waals surface area (Å²) < 4.78 is 40.3. The number of fused-ring (bicyclic) bond motifs is 1. The Kier molecular flexibility index (Phi) is 5.85. The predicted molar refractivity (Wildman–Crippen MR) is 111 cm³/mol. The Labute approximate surface area is 172 Å². The topological polar surface area (TPSA) is 79.9 Å². The lowest BCUT2D eigenvalue weighted by Gasteiger charge is -2.34. The molecule has 0 saturated heterocycles. The first-order valence-electron chi connectivity index (χ1n) is 10.2. The van der Waals surface area contributed by atoms with Crippen molar-refractivity contribution in [2.75, 3.05) is 26.8 Å². The molecule has 29 heavy (non-hydrogen) atoms. The van der Waals surface area contributed by atoms with Crippen LogP contribution in [0.3, 0.4) is 0 Å². The van der Waals surface area contributed by atoms with Gasteiger partial charge in [-0.15, -0.1) is 0 Å². The third-order valence-corrected chi connectivity index (χ3v) is 7.31. The van der Waals surface area contributed by atoms with Gasteiger partial charge in [-0.3, -0.25) is 0 Å². The molecule has 3 heterocycles. The third kappa shape index (κ3) is 4.29. The first-order chi connectivity index (χ1) is 14.0. The highest BCUT2D eigenvalue weighted by atomic mass is 32.2. The van der Waals surface area contributed by atoms with Crippen molar-refractivity contribution in [2.24, 2.45) is 0 Å². The number of sulfonamides is 1. The smallest absolute Gasteiger partial charge is 0.240 e. The van der Waals surface area contributed by atoms with Crippen LogP contribution in [0.5, 0.6) is 5.75 Å². The van der Waals surface area contributed by atoms with Crippen LogP contribution in [0, 0.1) is 0 Å². The summed E-state index contributed by atoms with van der Waals surface area (Å²) in [4.78, 5) is 2.52. The summed E-state index contributed by atoms with van der Waals surface area (Å²) in [6, 6.07) is 4.72. The minimum absolute atomic E-state index is 0.272. The number of benzene rings is 1. The lowest BCUT2D eigenvalue weighted by Crippen LogP contribution is -2.53. The van der Waals surface area contributed by atoms with Crippen molar-refractivity contribution >= 4 is 10.0 Å². The monoisotopic (exact) mass is 419 g/mol. The van der Waals surface area contributed by atoms with Crippen LogP contribution in [-0.2, 0) is 21.2 Å². The minimum Gasteiger partial charge on any atom is -0.493 e. The van der Waals surface area contributed by atoms with Gasteiger partial charge in [-0.05, 0) is 68.0 Å². The number of allylic oxidation sites excluding steroid dienone is 1. The number of hydrogen-bond acceptors (Lipinski definition) is 6. The van der Waals surface area contributed by atoms with E-state index in [0.29, 0.717) is 13.0 Å². The maximum absolute atomic E-state index is 13.1. The zero-order chi connectivity index (χ0) is 20.4. The number of ether oxygens (including phenoxy) is 2. The Bertz CT molecular complexity index is 926. The summed E-state index contributed by atoms with van der Waals surface area (Å²) in [5.41, 5.74) is 3.20. The Morgan fingerprint density at radius 1 is 1.34 bits per heavy atom. The number of rotatable bonds is 5. The molecule has 0 bridgehead atoms. The molecule has 3 aliphatic heterocycles. The highest BCUT2D eigenvalue weighted by molar-refractivity contribution is 7.89. The van der Waals surface area contributed by atoms with E-state index in [-0.39, 0.29) is 10.9 Å². The molecule has 1 aromatic carbocycles. The molecule has 2 unspecified atom stereocenters. The fourth-order valence-electron chi connectivity index (χ4n) is 4.14. The number of nitrogens with one attached hydrogen (secondary N) is 2. The van der Waals surface area contributed by atoms with Gasteiger partial charge in [-0.25, -0.2) is 13.1 Å². The van der Waals surface area contributed by atoms with Crippen LogP contribution in [0.1, 0.15) is 31.7 Å². The first-order valence-corrected chi connectivity index (χ1v) is 11.7. The average molecular weight is 420 g/mol. The van der Waals surface area contributed by atoms with Gasteiger partial charge in [0.05, 0.1) is 17.5 Å². The van der Waals surface area contributed by atoms with E-state index in [4.69, 9.17) is 9.47 Å². The molecule has 0 aliphatic carbocycles. The van der Waals surface area contributed by atoms with Crippen LogP contribution in [0.4, 0.5) is 0 Å². The zero-order valence-corrected chi connectivity index (χ0v) is 17.8. The third-order valence-electron chi connectivity index (χ3n) is 5.82. The van der Waals surface area contributed by atoms with Gasteiger partial charge in [0.25, 0.3) is 0 Å². The summed E-state index contributed by atoms with van der Waals surface area (Å²) in [5.74, 6) is 0.782. The lowest BCUT2D eigenvalue weighted by molar-refractivity contribution is 0.0508. The molecule has 0 aromatic heterocycles. The van der Waals surface area contributed by atoms with Crippen molar-refractivity contribution in [1.29, 1.82) is 0 Å². The van der Waals surface area contributed by atoms with Gasteiger partial charge in [0.1, 0.15) is 12.0 Å². The fraction of sp³-hybridized carbons (Fsp3) is 0.524. The Morgan fingerprint density at radius 3 is 3.00 bits per heavy atom. The molecule has 2 N–H and O–H groups in total. The van der Waals surface area contributed by atoms with E-state index in [1.54, 1.807) is 25.3 Å². The van der Waals surface area contributed by atoms with Crippen molar-refractivity contribution in [2.45, 2.75) is 49.8 Å². The molecule has 1 aromatic rings. The molecule has 0 spiro atoms. The van der Waals surface area contributed by atoms with Gasteiger partial charge in [0, 0.05) is 32.1 Å². The molecule has 0 amide bonds. The number of hydrogen-bond donors (Lipinski definition) is 2. The van der Waals surface area contributed by atoms with E-state index in [9.17, 15) is 8.42 Å². The van der Waals surface area contributed by atoms with Gasteiger partial charge in [-0.1, -0.05) is 0 Å². The molecule has 0 radical (unpaired) electrons. The molecule has 3 aliphatic rings. The number of methoxy groups -OCH3 is 1. The summed E-state index contributed by atoms with van der Waals surface area (Å²) in [5, 5.41) is 3.36. The maximum Gasteiger partial charge on any atom is 0.240 e. The van der Waals surface area contributed by atoms with Crippen LogP contribution < -0.4 is 14.8 Å². The van der Waals surface area contributed by atoms with Crippen molar-refractivity contribution in [3.63, 3.8) is 0 Å². The van der Waals surface area contributed by atoms with E-state index in [1.807, 2.05) is 0 Å². The molecule has 4 rings (SSSR count). The van der Waals surface area contributed by atoms with Crippen LogP contribution in [0.25, 0.3) is 0 Å². The second-order valence-electron chi connectivity index (χ2n) is 7.67. The average Bonchev–Trinajstić information content (AvgIpc) is 2.94. The molecular formula is C21H29N3O4S. The van der Waals surface area contributed by atoms with Gasteiger partial charge in [-0.2, -0.15) is 0 Å². The van der Waals surface area contributed by atoms with Gasteiger partial charge in [0.15, 0.2) is 0 Å². The zero-order valence-electron chi connectivity index (χ0n) is 17.0. The van der Waals surface area contributed by atoms with Crippen LogP contribution in [-0.4, -0.2) is 52.4 Å². The van der Waals surface area contributed by atoms with Crippen LogP contribution in [0.2, 0.25) is 0 Å². The lowest BCUT2D eigenvalue weighted by atomic mass is 9.96. The maximum atomic E-state index is 13.1. The van der Waals surface area contributed by atoms with Crippen molar-refractivity contribution in [3.8, 4) is 5.75 Å². The highest BCUT2D eigenvalue weighted by Gasteiger charge is 2.33. The Morgan fingerprint density at radius 2 is 2.21 bits per heavy atom. The molecular weight excluding hydrogens is 390 g/mol. The SMILES string of the molecule is CCN1C=CC2=C(CC1)CC(NS(=O)(=O)c1ccc3c(c1)CCCO3)C(OC)N2. The largest absolute Gasteiger partial charge is 0.493 e. The van der Waals surface area contributed by atoms with E-state index in [1.165, 1.54) is 5.57 Å². The van der Waals surface area contributed by atoms with Crippen molar-refractivity contribution in [3.05, 3.63) is 47.3 Å². The van der Waals surface area contributed by atoms with Crippen molar-refractivity contribution < 1.29 is 17.9 Å². The molecule has 8 heteroatoms. The van der Waals surface area contributed by atoms with E-state index in [2.05, 4.69) is 34.1 Å². The van der Waals surface area contributed by atoms with E-state index < -0.39 is 16.3 Å². The molecule has 0 fully saturated rings. The molecule has 158 valence electrons. The molecule has 2 atom stereocenters. The summed E-state index contributed by atoms with van der Waals surface area (Å²) >= 11 is 0. The van der Waals surface area contributed by atoms with Crippen molar-refractivity contribution in [1.82, 2.24) is 14.9 Å². The van der Waals surface area contributed by atoms with Gasteiger partial charge < -0.3 is 19.7 Å². The van der Waals surface area contributed by atoms with Crippen LogP contribution >= 0.6 is 0 Å². The van der Waals surface area contributed by atoms with Crippen LogP contribution in [0.15, 0.2) is 46.6 Å². The summed E-state index contributed by atoms with van der Waals surface area (Å²) in [6.07, 6.45) is 6.97. The summed E-state index contributed by atoms with van der Waals surface area (Å²) in [7, 11) is -2.08. The normalized spacial score (nSPS) is 24.3. The molecule has 0 saturated carbocycles. The standard InChI is InChI=1S/C21H29N3O4S/c1-3-24-10-8-15-14-19(21(27-2)22-18(15)9-11-24)23-29(25,26)17-6-7-20-16(13-17)5-4-12-28-20/h6-7,9,11,13,19,21-23H,3-5,8,10,12,14H2,1-2H3. The second-order valence-corrected chi connectivity index (χ2v) is 9.38. The van der Waals surface area contributed by atoms with Gasteiger partial charge >= 0.3 is 0 Å². The molecule has 7 nitrogen and oxygen atoms in total. The number of nitrogens with zero attached hydrogens (tertiary/aromatic N) is 1. The van der Waals surface area contributed by atoms with E-state index >= 15 is 0 Å². The second kappa shape index (κ2) is 8.38. The summed E-state index contributed by atoms with van der Waals surface area (Å²) in [6.45, 7) is 4.68. The Hall–Kier alpha value is -2.03. The Balaban J connectivity index is 1.54. The fourth-order valence-corrected chi connectivity index (χ4v) is 5.42. The number of aryl methyl sites for hydroxylation is 1. The minimum atomic E-state index is -3.68.